The zero-order chi connectivity index (χ0) is 18.0. The van der Waals surface area contributed by atoms with E-state index >= 15 is 0 Å². The van der Waals surface area contributed by atoms with Crippen molar-refractivity contribution in [1.82, 2.24) is 4.90 Å². The number of methoxy groups -OCH3 is 1. The van der Waals surface area contributed by atoms with Crippen LogP contribution in [0.5, 0.6) is 5.75 Å². The maximum Gasteiger partial charge on any atom is 0.321 e. The lowest BCUT2D eigenvalue weighted by atomic mass is 9.70. The van der Waals surface area contributed by atoms with Crippen LogP contribution in [0, 0.1) is 5.92 Å². The molecular formula is C19H19NO5. The number of hydrogen-bond acceptors (Lipinski definition) is 5. The molecule has 1 aliphatic carbocycles. The second-order valence-electron chi connectivity index (χ2n) is 5.88. The van der Waals surface area contributed by atoms with E-state index in [0.717, 1.165) is 5.56 Å². The van der Waals surface area contributed by atoms with Crippen molar-refractivity contribution in [2.24, 2.45) is 5.92 Å². The number of allylic oxidation sites excluding steroid dienone is 2. The molecule has 0 saturated carbocycles. The van der Waals surface area contributed by atoms with E-state index in [9.17, 15) is 14.4 Å². The van der Waals surface area contributed by atoms with Gasteiger partial charge in [-0.25, -0.2) is 0 Å². The summed E-state index contributed by atoms with van der Waals surface area (Å²) in [6, 6.07) is 7.37. The fourth-order valence-corrected chi connectivity index (χ4v) is 3.28. The van der Waals surface area contributed by atoms with Crippen LogP contribution in [0.25, 0.3) is 0 Å². The molecule has 3 rings (SSSR count). The number of likely N-dealkylation sites (tertiary alicyclic amines) is 1. The van der Waals surface area contributed by atoms with Gasteiger partial charge in [0.1, 0.15) is 11.3 Å². The van der Waals surface area contributed by atoms with Crippen molar-refractivity contribution in [2.75, 3.05) is 13.7 Å². The molecule has 1 heterocycles. The first-order valence-corrected chi connectivity index (χ1v) is 8.06. The molecule has 1 spiro atoms. The summed E-state index contributed by atoms with van der Waals surface area (Å²) in [5.74, 6) is -1.39. The molecule has 1 saturated heterocycles. The molecule has 0 bridgehead atoms. The third kappa shape index (κ3) is 2.73. The van der Waals surface area contributed by atoms with E-state index in [-0.39, 0.29) is 24.8 Å². The SMILES string of the molecule is CCOC(=O)[C@H]1C(=O)N(Cc2ccccc2OC)C12C=CC(=O)C=C2. The summed E-state index contributed by atoms with van der Waals surface area (Å²) in [5, 5.41) is 0. The molecule has 1 aromatic carbocycles. The molecular weight excluding hydrogens is 322 g/mol. The van der Waals surface area contributed by atoms with Crippen LogP contribution in [0.15, 0.2) is 48.6 Å². The molecule has 1 amide bonds. The van der Waals surface area contributed by atoms with Crippen molar-refractivity contribution >= 4 is 17.7 Å². The first-order valence-electron chi connectivity index (χ1n) is 8.06. The van der Waals surface area contributed by atoms with Gasteiger partial charge in [-0.2, -0.15) is 0 Å². The standard InChI is InChI=1S/C19H19NO5/c1-3-25-18(23)16-17(22)20(19(16)10-8-14(21)9-11-19)12-13-6-4-5-7-15(13)24-2/h4-11,16H,3,12H2,1-2H3/t16-/m1/s1. The molecule has 6 nitrogen and oxygen atoms in total. The van der Waals surface area contributed by atoms with Gasteiger partial charge in [0, 0.05) is 5.56 Å². The van der Waals surface area contributed by atoms with E-state index in [1.807, 2.05) is 24.3 Å². The lowest BCUT2D eigenvalue weighted by molar-refractivity contribution is -0.177. The Morgan fingerprint density at radius 3 is 2.52 bits per heavy atom. The summed E-state index contributed by atoms with van der Waals surface area (Å²) in [6.45, 7) is 2.15. The van der Waals surface area contributed by atoms with Crippen LogP contribution in [0.3, 0.4) is 0 Å². The first kappa shape index (κ1) is 17.0. The van der Waals surface area contributed by atoms with Gasteiger partial charge in [-0.15, -0.1) is 0 Å². The van der Waals surface area contributed by atoms with Crippen molar-refractivity contribution in [2.45, 2.75) is 19.0 Å². The topological polar surface area (TPSA) is 72.9 Å². The van der Waals surface area contributed by atoms with E-state index < -0.39 is 17.4 Å². The van der Waals surface area contributed by atoms with Gasteiger partial charge in [-0.1, -0.05) is 18.2 Å². The minimum absolute atomic E-state index is 0.176. The van der Waals surface area contributed by atoms with Crippen LogP contribution in [-0.4, -0.2) is 41.8 Å². The van der Waals surface area contributed by atoms with Crippen LogP contribution in [0.4, 0.5) is 0 Å². The van der Waals surface area contributed by atoms with E-state index in [4.69, 9.17) is 9.47 Å². The molecule has 1 fully saturated rings. The molecule has 1 atom stereocenters. The van der Waals surface area contributed by atoms with Crippen LogP contribution in [0.1, 0.15) is 12.5 Å². The summed E-state index contributed by atoms with van der Waals surface area (Å²) in [4.78, 5) is 38.0. The highest BCUT2D eigenvalue weighted by Crippen LogP contribution is 2.44. The van der Waals surface area contributed by atoms with Crippen LogP contribution < -0.4 is 4.74 Å². The van der Waals surface area contributed by atoms with Gasteiger partial charge in [-0.3, -0.25) is 14.4 Å². The highest BCUT2D eigenvalue weighted by molar-refractivity contribution is 6.09. The number of rotatable bonds is 5. The van der Waals surface area contributed by atoms with E-state index in [0.29, 0.717) is 5.75 Å². The minimum atomic E-state index is -0.974. The quantitative estimate of drug-likeness (QED) is 0.463. The molecule has 6 heteroatoms. The zero-order valence-corrected chi connectivity index (χ0v) is 14.1. The third-order valence-corrected chi connectivity index (χ3v) is 4.52. The predicted molar refractivity (Wildman–Crippen MR) is 89.7 cm³/mol. The Morgan fingerprint density at radius 1 is 1.20 bits per heavy atom. The normalized spacial score (nSPS) is 20.6. The van der Waals surface area contributed by atoms with Crippen LogP contribution in [0.2, 0.25) is 0 Å². The summed E-state index contributed by atoms with van der Waals surface area (Å²) in [7, 11) is 1.56. The van der Waals surface area contributed by atoms with Gasteiger partial charge in [0.2, 0.25) is 5.91 Å². The highest BCUT2D eigenvalue weighted by atomic mass is 16.5. The molecule has 1 aliphatic heterocycles. The molecule has 0 unspecified atom stereocenters. The maximum atomic E-state index is 12.7. The van der Waals surface area contributed by atoms with Crippen molar-refractivity contribution in [3.8, 4) is 5.75 Å². The van der Waals surface area contributed by atoms with Crippen molar-refractivity contribution < 1.29 is 23.9 Å². The van der Waals surface area contributed by atoms with Gasteiger partial charge >= 0.3 is 5.97 Å². The number of carbonyl (C=O) groups is 3. The monoisotopic (exact) mass is 341 g/mol. The number of hydrogen-bond donors (Lipinski definition) is 0. The summed E-state index contributed by atoms with van der Waals surface area (Å²) in [6.07, 6.45) is 5.98. The average Bonchev–Trinajstić information content (AvgIpc) is 2.62. The van der Waals surface area contributed by atoms with E-state index in [1.165, 1.54) is 12.2 Å². The number of benzene rings is 1. The number of amides is 1. The number of β-lactam (4-membered cyclic amide) rings is 1. The summed E-state index contributed by atoms with van der Waals surface area (Å²) < 4.78 is 10.4. The van der Waals surface area contributed by atoms with E-state index in [1.54, 1.807) is 31.1 Å². The number of para-hydroxylation sites is 1. The van der Waals surface area contributed by atoms with Crippen LogP contribution >= 0.6 is 0 Å². The Bertz CT molecular complexity index is 764. The number of esters is 1. The van der Waals surface area contributed by atoms with Gasteiger partial charge in [-0.05, 0) is 37.3 Å². The molecule has 130 valence electrons. The summed E-state index contributed by atoms with van der Waals surface area (Å²) >= 11 is 0. The summed E-state index contributed by atoms with van der Waals surface area (Å²) in [5.41, 5.74) is -0.156. The largest absolute Gasteiger partial charge is 0.496 e. The molecule has 25 heavy (non-hydrogen) atoms. The Hall–Kier alpha value is -2.89. The first-order chi connectivity index (χ1) is 12.0. The Balaban J connectivity index is 1.94. The van der Waals surface area contributed by atoms with Crippen molar-refractivity contribution in [1.29, 1.82) is 0 Å². The minimum Gasteiger partial charge on any atom is -0.496 e. The average molecular weight is 341 g/mol. The van der Waals surface area contributed by atoms with Gasteiger partial charge in [0.05, 0.1) is 20.3 Å². The number of ketones is 1. The fraction of sp³-hybridized carbons (Fsp3) is 0.316. The van der Waals surface area contributed by atoms with E-state index in [2.05, 4.69) is 0 Å². The maximum absolute atomic E-state index is 12.7. The smallest absolute Gasteiger partial charge is 0.321 e. The van der Waals surface area contributed by atoms with Gasteiger partial charge in [0.15, 0.2) is 11.7 Å². The second-order valence-corrected chi connectivity index (χ2v) is 5.88. The third-order valence-electron chi connectivity index (χ3n) is 4.52. The Kier molecular flexibility index (Phi) is 4.44. The number of nitrogens with zero attached hydrogens (tertiary/aromatic N) is 1. The highest BCUT2D eigenvalue weighted by Gasteiger charge is 2.62. The number of ether oxygens (including phenoxy) is 2. The molecule has 1 aromatic rings. The molecule has 0 radical (unpaired) electrons. The van der Waals surface area contributed by atoms with Crippen molar-refractivity contribution in [3.63, 3.8) is 0 Å². The van der Waals surface area contributed by atoms with Crippen molar-refractivity contribution in [3.05, 3.63) is 54.1 Å². The Morgan fingerprint density at radius 2 is 1.88 bits per heavy atom. The molecule has 0 aromatic heterocycles. The van der Waals surface area contributed by atoms with Gasteiger partial charge < -0.3 is 14.4 Å². The lowest BCUT2D eigenvalue weighted by Gasteiger charge is -2.54. The number of carbonyl (C=O) groups excluding carboxylic acids is 3. The molecule has 0 N–H and O–H groups in total. The van der Waals surface area contributed by atoms with Gasteiger partial charge in [0.25, 0.3) is 0 Å². The van der Waals surface area contributed by atoms with Crippen LogP contribution in [-0.2, 0) is 25.7 Å². The fourth-order valence-electron chi connectivity index (χ4n) is 3.28. The predicted octanol–water partition coefficient (Wildman–Crippen LogP) is 1.65. The zero-order valence-electron chi connectivity index (χ0n) is 14.1. The second kappa shape index (κ2) is 6.55. The molecule has 2 aliphatic rings. The lowest BCUT2D eigenvalue weighted by Crippen LogP contribution is -2.71. The Labute approximate surface area is 145 Å².